The van der Waals surface area contributed by atoms with E-state index in [0.29, 0.717) is 29.7 Å². The number of sulfonamides is 1. The number of hydrogen-bond donors (Lipinski definition) is 3. The molecule has 0 bridgehead atoms. The second kappa shape index (κ2) is 9.50. The van der Waals surface area contributed by atoms with Crippen LogP contribution in [-0.4, -0.2) is 43.8 Å². The molecule has 0 atom stereocenters. The number of nitrogens with zero attached hydrogens (tertiary/aromatic N) is 3. The third kappa shape index (κ3) is 5.76. The van der Waals surface area contributed by atoms with E-state index < -0.39 is 10.0 Å². The van der Waals surface area contributed by atoms with E-state index in [9.17, 15) is 8.42 Å². The van der Waals surface area contributed by atoms with Gasteiger partial charge in [-0.2, -0.15) is 0 Å². The number of hydrogen-bond acceptors (Lipinski definition) is 8. The van der Waals surface area contributed by atoms with Crippen LogP contribution in [0.25, 0.3) is 0 Å². The first-order valence-corrected chi connectivity index (χ1v) is 10.4. The van der Waals surface area contributed by atoms with Gasteiger partial charge in [0, 0.05) is 19.3 Å². The molecule has 9 nitrogen and oxygen atoms in total. The van der Waals surface area contributed by atoms with Crippen LogP contribution in [0.2, 0.25) is 5.02 Å². The van der Waals surface area contributed by atoms with Gasteiger partial charge < -0.3 is 15.4 Å². The molecule has 0 radical (unpaired) electrons. The molecule has 152 valence electrons. The van der Waals surface area contributed by atoms with Crippen molar-refractivity contribution in [2.75, 3.05) is 30.8 Å². The highest BCUT2D eigenvalue weighted by atomic mass is 35.5. The fourth-order valence-corrected chi connectivity index (χ4v) is 3.71. The van der Waals surface area contributed by atoms with E-state index >= 15 is 0 Å². The Labute approximate surface area is 173 Å². The summed E-state index contributed by atoms with van der Waals surface area (Å²) in [6.45, 7) is 0.479. The van der Waals surface area contributed by atoms with Gasteiger partial charge in [-0.3, -0.25) is 0 Å². The summed E-state index contributed by atoms with van der Waals surface area (Å²) in [5.74, 6) is 2.14. The maximum absolute atomic E-state index is 12.3. The number of pyridine rings is 1. The predicted octanol–water partition coefficient (Wildman–Crippen LogP) is 2.67. The molecular weight excluding hydrogens is 416 g/mol. The van der Waals surface area contributed by atoms with Crippen molar-refractivity contribution in [2.24, 2.45) is 0 Å². The van der Waals surface area contributed by atoms with Crippen molar-refractivity contribution in [2.45, 2.75) is 4.90 Å². The highest BCUT2D eigenvalue weighted by Gasteiger charge is 2.15. The molecule has 11 heteroatoms. The second-order valence-electron chi connectivity index (χ2n) is 5.76. The Bertz CT molecular complexity index is 1050. The molecule has 2 aromatic heterocycles. The van der Waals surface area contributed by atoms with Gasteiger partial charge in [0.1, 0.15) is 17.4 Å². The number of rotatable bonds is 9. The summed E-state index contributed by atoms with van der Waals surface area (Å²) in [4.78, 5) is 4.21. The number of aromatic nitrogens is 3. The fraction of sp³-hybridized carbons (Fsp3) is 0.167. The van der Waals surface area contributed by atoms with Crippen LogP contribution in [0.1, 0.15) is 0 Å². The van der Waals surface area contributed by atoms with Crippen LogP contribution in [0.4, 0.5) is 17.5 Å². The highest BCUT2D eigenvalue weighted by molar-refractivity contribution is 7.89. The molecule has 29 heavy (non-hydrogen) atoms. The van der Waals surface area contributed by atoms with E-state index in [1.54, 1.807) is 18.3 Å². The Morgan fingerprint density at radius 3 is 2.45 bits per heavy atom. The molecule has 3 rings (SSSR count). The van der Waals surface area contributed by atoms with Crippen molar-refractivity contribution in [1.29, 1.82) is 0 Å². The van der Waals surface area contributed by atoms with Crippen LogP contribution in [0.3, 0.4) is 0 Å². The van der Waals surface area contributed by atoms with Gasteiger partial charge in [0.15, 0.2) is 5.82 Å². The highest BCUT2D eigenvalue weighted by Crippen LogP contribution is 2.26. The number of ether oxygens (including phenoxy) is 1. The van der Waals surface area contributed by atoms with Gasteiger partial charge in [-0.05, 0) is 42.5 Å². The topological polar surface area (TPSA) is 118 Å². The number of benzene rings is 1. The first-order chi connectivity index (χ1) is 14.0. The molecule has 3 aromatic rings. The van der Waals surface area contributed by atoms with Gasteiger partial charge in [0.2, 0.25) is 10.0 Å². The molecule has 2 heterocycles. The van der Waals surface area contributed by atoms with Crippen LogP contribution < -0.4 is 20.1 Å². The number of methoxy groups -OCH3 is 1. The van der Waals surface area contributed by atoms with E-state index in [0.717, 1.165) is 0 Å². The zero-order valence-electron chi connectivity index (χ0n) is 15.5. The average molecular weight is 435 g/mol. The molecule has 0 amide bonds. The molecule has 0 aliphatic heterocycles. The Morgan fingerprint density at radius 2 is 1.79 bits per heavy atom. The molecule has 0 unspecified atom stereocenters. The minimum atomic E-state index is -3.69. The lowest BCUT2D eigenvalue weighted by Crippen LogP contribution is -2.29. The van der Waals surface area contributed by atoms with Crippen LogP contribution in [-0.2, 0) is 10.0 Å². The quantitative estimate of drug-likeness (QED) is 0.440. The van der Waals surface area contributed by atoms with Gasteiger partial charge in [0.05, 0.1) is 17.0 Å². The summed E-state index contributed by atoms with van der Waals surface area (Å²) >= 11 is 5.99. The molecule has 1 aromatic carbocycles. The third-order valence-electron chi connectivity index (χ3n) is 3.74. The number of nitrogens with one attached hydrogen (secondary N) is 3. The maximum atomic E-state index is 12.3. The molecule has 0 saturated heterocycles. The van der Waals surface area contributed by atoms with E-state index in [1.165, 1.54) is 25.3 Å². The van der Waals surface area contributed by atoms with Crippen molar-refractivity contribution in [3.63, 3.8) is 0 Å². The van der Waals surface area contributed by atoms with Crippen molar-refractivity contribution in [3.05, 3.63) is 59.8 Å². The molecule has 0 fully saturated rings. The first-order valence-electron chi connectivity index (χ1n) is 8.57. The number of anilines is 3. The Kier molecular flexibility index (Phi) is 6.81. The van der Waals surface area contributed by atoms with E-state index in [1.807, 2.05) is 18.2 Å². The predicted molar refractivity (Wildman–Crippen MR) is 111 cm³/mol. The summed E-state index contributed by atoms with van der Waals surface area (Å²) in [5, 5.41) is 14.3. The monoisotopic (exact) mass is 434 g/mol. The van der Waals surface area contributed by atoms with E-state index in [2.05, 4.69) is 30.5 Å². The van der Waals surface area contributed by atoms with Crippen molar-refractivity contribution in [3.8, 4) is 5.75 Å². The van der Waals surface area contributed by atoms with E-state index in [4.69, 9.17) is 16.3 Å². The van der Waals surface area contributed by atoms with Crippen molar-refractivity contribution in [1.82, 2.24) is 19.9 Å². The molecular formula is C18H19ClN6O3S. The summed E-state index contributed by atoms with van der Waals surface area (Å²) in [6, 6.07) is 13.2. The maximum Gasteiger partial charge on any atom is 0.240 e. The van der Waals surface area contributed by atoms with Crippen LogP contribution in [0, 0.1) is 0 Å². The zero-order valence-corrected chi connectivity index (χ0v) is 17.0. The molecule has 0 aliphatic carbocycles. The molecule has 0 aliphatic rings. The van der Waals surface area contributed by atoms with Gasteiger partial charge >= 0.3 is 0 Å². The first kappa shape index (κ1) is 20.8. The normalized spacial score (nSPS) is 11.1. The third-order valence-corrected chi connectivity index (χ3v) is 5.50. The second-order valence-corrected chi connectivity index (χ2v) is 7.94. The van der Waals surface area contributed by atoms with Gasteiger partial charge in [-0.25, -0.2) is 18.1 Å². The summed E-state index contributed by atoms with van der Waals surface area (Å²) in [6.07, 6.45) is 1.67. The molecule has 0 spiro atoms. The summed E-state index contributed by atoms with van der Waals surface area (Å²) < 4.78 is 32.2. The SMILES string of the molecule is COc1ccc(S(=O)(=O)NCCNc2ccc(Nc3ccccn3)nn2)cc1Cl. The summed E-state index contributed by atoms with van der Waals surface area (Å²) in [5.41, 5.74) is 0. The molecule has 0 saturated carbocycles. The largest absolute Gasteiger partial charge is 0.495 e. The fourth-order valence-electron chi connectivity index (χ4n) is 2.33. The van der Waals surface area contributed by atoms with Gasteiger partial charge in [-0.15, -0.1) is 10.2 Å². The minimum absolute atomic E-state index is 0.0630. The van der Waals surface area contributed by atoms with Crippen molar-refractivity contribution < 1.29 is 13.2 Å². The molecule has 3 N–H and O–H groups in total. The standard InChI is InChI=1S/C18H19ClN6O3S/c1-28-15-6-5-13(12-14(15)19)29(26,27)22-11-10-21-17-7-8-18(25-24-17)23-16-4-2-3-9-20-16/h2-9,12,22H,10-11H2,1H3,(H,21,24)(H,20,23,25). The lowest BCUT2D eigenvalue weighted by atomic mass is 10.3. The van der Waals surface area contributed by atoms with Gasteiger partial charge in [-0.1, -0.05) is 17.7 Å². The lowest BCUT2D eigenvalue weighted by Gasteiger charge is -2.10. The van der Waals surface area contributed by atoms with Crippen LogP contribution in [0.15, 0.2) is 59.6 Å². The smallest absolute Gasteiger partial charge is 0.240 e. The van der Waals surface area contributed by atoms with E-state index in [-0.39, 0.29) is 16.5 Å². The Morgan fingerprint density at radius 1 is 1.00 bits per heavy atom. The summed E-state index contributed by atoms with van der Waals surface area (Å²) in [7, 11) is -2.22. The number of halogens is 1. The lowest BCUT2D eigenvalue weighted by molar-refractivity contribution is 0.414. The Balaban J connectivity index is 1.49. The average Bonchev–Trinajstić information content (AvgIpc) is 2.73. The van der Waals surface area contributed by atoms with Gasteiger partial charge in [0.25, 0.3) is 0 Å². The van der Waals surface area contributed by atoms with Crippen LogP contribution in [0.5, 0.6) is 5.75 Å². The van der Waals surface area contributed by atoms with Crippen molar-refractivity contribution >= 4 is 39.1 Å². The zero-order chi connectivity index (χ0) is 20.7. The Hall–Kier alpha value is -2.95. The minimum Gasteiger partial charge on any atom is -0.495 e. The van der Waals surface area contributed by atoms with Crippen LogP contribution >= 0.6 is 11.6 Å².